The van der Waals surface area contributed by atoms with E-state index < -0.39 is 0 Å². The summed E-state index contributed by atoms with van der Waals surface area (Å²) in [5, 5.41) is 11.6. The number of rotatable bonds is 7. The van der Waals surface area contributed by atoms with Crippen LogP contribution in [0.15, 0.2) is 24.5 Å². The van der Waals surface area contributed by atoms with Crippen molar-refractivity contribution in [1.29, 1.82) is 0 Å². The second-order valence-corrected chi connectivity index (χ2v) is 5.46. The Labute approximate surface area is 128 Å². The number of aromatic amines is 1. The Morgan fingerprint density at radius 3 is 2.85 bits per heavy atom. The third kappa shape index (κ3) is 4.20. The van der Waals surface area contributed by atoms with E-state index in [-0.39, 0.29) is 6.04 Å². The molecule has 2 N–H and O–H groups in total. The average Bonchev–Trinajstić information content (AvgIpc) is 2.93. The highest BCUT2D eigenvalue weighted by molar-refractivity contribution is 6.35. The highest BCUT2D eigenvalue weighted by Gasteiger charge is 2.12. The number of hydrogen-bond acceptors (Lipinski definition) is 3. The van der Waals surface area contributed by atoms with Crippen LogP contribution in [0.5, 0.6) is 0 Å². The smallest absolute Gasteiger partial charge is 0.137 e. The Bertz CT molecular complexity index is 528. The topological polar surface area (TPSA) is 53.6 Å². The Morgan fingerprint density at radius 2 is 2.20 bits per heavy atom. The molecular weight excluding hydrogens is 295 g/mol. The molecule has 0 spiro atoms. The highest BCUT2D eigenvalue weighted by Crippen LogP contribution is 2.27. The molecule has 1 atom stereocenters. The highest BCUT2D eigenvalue weighted by atomic mass is 35.5. The Morgan fingerprint density at radius 1 is 1.35 bits per heavy atom. The van der Waals surface area contributed by atoms with Crippen LogP contribution < -0.4 is 5.32 Å². The van der Waals surface area contributed by atoms with Crippen molar-refractivity contribution in [2.75, 3.05) is 6.54 Å². The summed E-state index contributed by atoms with van der Waals surface area (Å²) in [6.07, 6.45) is 4.39. The molecule has 0 radical (unpaired) electrons. The van der Waals surface area contributed by atoms with Crippen molar-refractivity contribution in [3.63, 3.8) is 0 Å². The Balaban J connectivity index is 1.85. The van der Waals surface area contributed by atoms with Crippen molar-refractivity contribution in [2.24, 2.45) is 0 Å². The van der Waals surface area contributed by atoms with Gasteiger partial charge in [0.1, 0.15) is 12.2 Å². The van der Waals surface area contributed by atoms with Gasteiger partial charge in [-0.2, -0.15) is 5.10 Å². The van der Waals surface area contributed by atoms with Gasteiger partial charge >= 0.3 is 0 Å². The van der Waals surface area contributed by atoms with Gasteiger partial charge in [-0.25, -0.2) is 4.98 Å². The van der Waals surface area contributed by atoms with Gasteiger partial charge in [0, 0.05) is 22.5 Å². The normalized spacial score (nSPS) is 12.6. The Hall–Kier alpha value is -1.10. The van der Waals surface area contributed by atoms with Crippen molar-refractivity contribution in [2.45, 2.75) is 32.2 Å². The molecule has 1 unspecified atom stereocenters. The molecule has 108 valence electrons. The molecule has 4 nitrogen and oxygen atoms in total. The zero-order valence-electron chi connectivity index (χ0n) is 11.4. The second-order valence-electron chi connectivity index (χ2n) is 4.62. The van der Waals surface area contributed by atoms with E-state index in [1.807, 2.05) is 12.1 Å². The number of benzene rings is 1. The van der Waals surface area contributed by atoms with Crippen LogP contribution in [0.1, 0.15) is 37.2 Å². The van der Waals surface area contributed by atoms with Crippen molar-refractivity contribution in [1.82, 2.24) is 20.5 Å². The van der Waals surface area contributed by atoms with Crippen LogP contribution in [0.3, 0.4) is 0 Å². The maximum Gasteiger partial charge on any atom is 0.137 e. The SMILES string of the molecule is CCC(NCCCc1ncn[nH]1)c1ccc(Cl)cc1Cl. The van der Waals surface area contributed by atoms with E-state index in [4.69, 9.17) is 23.2 Å². The number of nitrogens with one attached hydrogen (secondary N) is 2. The van der Waals surface area contributed by atoms with Gasteiger partial charge in [0.2, 0.25) is 0 Å². The zero-order chi connectivity index (χ0) is 14.4. The largest absolute Gasteiger partial charge is 0.310 e. The summed E-state index contributed by atoms with van der Waals surface area (Å²) in [4.78, 5) is 4.10. The van der Waals surface area contributed by atoms with Crippen molar-refractivity contribution < 1.29 is 0 Å². The van der Waals surface area contributed by atoms with Gasteiger partial charge in [-0.05, 0) is 37.1 Å². The maximum atomic E-state index is 6.25. The molecule has 0 fully saturated rings. The van der Waals surface area contributed by atoms with Gasteiger partial charge in [-0.15, -0.1) is 0 Å². The molecule has 6 heteroatoms. The second kappa shape index (κ2) is 7.62. The first-order valence-corrected chi connectivity index (χ1v) is 7.49. The summed E-state index contributed by atoms with van der Waals surface area (Å²) in [6.45, 7) is 3.04. The lowest BCUT2D eigenvalue weighted by Gasteiger charge is -2.18. The molecule has 1 aromatic carbocycles. The quantitative estimate of drug-likeness (QED) is 0.765. The lowest BCUT2D eigenvalue weighted by molar-refractivity contribution is 0.508. The first kappa shape index (κ1) is 15.3. The van der Waals surface area contributed by atoms with Crippen LogP contribution in [-0.2, 0) is 6.42 Å². The molecule has 0 amide bonds. The molecular formula is C14H18Cl2N4. The van der Waals surface area contributed by atoms with E-state index in [2.05, 4.69) is 27.4 Å². The fraction of sp³-hybridized carbons (Fsp3) is 0.429. The van der Waals surface area contributed by atoms with E-state index in [1.165, 1.54) is 6.33 Å². The van der Waals surface area contributed by atoms with E-state index >= 15 is 0 Å². The molecule has 1 aromatic heterocycles. The molecule has 0 bridgehead atoms. The molecule has 0 aliphatic carbocycles. The standard InChI is InChI=1S/C14H18Cl2N4/c1-2-13(11-6-5-10(15)8-12(11)16)17-7-3-4-14-18-9-19-20-14/h5-6,8-9,13,17H,2-4,7H2,1H3,(H,18,19,20). The summed E-state index contributed by atoms with van der Waals surface area (Å²) < 4.78 is 0. The van der Waals surface area contributed by atoms with Gasteiger partial charge < -0.3 is 5.32 Å². The number of aromatic nitrogens is 3. The first-order chi connectivity index (χ1) is 9.70. The number of hydrogen-bond donors (Lipinski definition) is 2. The molecule has 2 rings (SSSR count). The van der Waals surface area contributed by atoms with Gasteiger partial charge in [0.15, 0.2) is 0 Å². The zero-order valence-corrected chi connectivity index (χ0v) is 12.9. The lowest BCUT2D eigenvalue weighted by atomic mass is 10.0. The van der Waals surface area contributed by atoms with Crippen molar-refractivity contribution in [3.8, 4) is 0 Å². The molecule has 0 saturated carbocycles. The van der Waals surface area contributed by atoms with E-state index in [0.29, 0.717) is 10.0 Å². The summed E-state index contributed by atoms with van der Waals surface area (Å²) in [6, 6.07) is 5.90. The number of nitrogens with zero attached hydrogens (tertiary/aromatic N) is 2. The van der Waals surface area contributed by atoms with Gasteiger partial charge in [-0.3, -0.25) is 5.10 Å². The number of aryl methyl sites for hydroxylation is 1. The van der Waals surface area contributed by atoms with E-state index in [1.54, 1.807) is 6.07 Å². The van der Waals surface area contributed by atoms with Crippen LogP contribution in [-0.4, -0.2) is 21.7 Å². The molecule has 2 aromatic rings. The lowest BCUT2D eigenvalue weighted by Crippen LogP contribution is -2.22. The molecule has 20 heavy (non-hydrogen) atoms. The molecule has 0 aliphatic rings. The van der Waals surface area contributed by atoms with Crippen LogP contribution in [0, 0.1) is 0 Å². The van der Waals surface area contributed by atoms with Crippen LogP contribution >= 0.6 is 23.2 Å². The van der Waals surface area contributed by atoms with Crippen LogP contribution in [0.4, 0.5) is 0 Å². The summed E-state index contributed by atoms with van der Waals surface area (Å²) in [7, 11) is 0. The number of H-pyrrole nitrogens is 1. The minimum atomic E-state index is 0.245. The summed E-state index contributed by atoms with van der Waals surface area (Å²) >= 11 is 12.2. The minimum absolute atomic E-state index is 0.245. The number of halogens is 2. The summed E-state index contributed by atoms with van der Waals surface area (Å²) in [5.41, 5.74) is 1.10. The monoisotopic (exact) mass is 312 g/mol. The van der Waals surface area contributed by atoms with Crippen molar-refractivity contribution >= 4 is 23.2 Å². The fourth-order valence-electron chi connectivity index (χ4n) is 2.14. The van der Waals surface area contributed by atoms with Crippen molar-refractivity contribution in [3.05, 3.63) is 46.0 Å². The summed E-state index contributed by atoms with van der Waals surface area (Å²) in [5.74, 6) is 0.921. The third-order valence-corrected chi connectivity index (χ3v) is 3.75. The molecule has 1 heterocycles. The Kier molecular flexibility index (Phi) is 5.83. The van der Waals surface area contributed by atoms with Gasteiger partial charge in [0.05, 0.1) is 0 Å². The van der Waals surface area contributed by atoms with E-state index in [0.717, 1.165) is 37.2 Å². The minimum Gasteiger partial charge on any atom is -0.310 e. The first-order valence-electron chi connectivity index (χ1n) is 6.73. The molecule has 0 aliphatic heterocycles. The predicted molar refractivity (Wildman–Crippen MR) is 82.2 cm³/mol. The van der Waals surface area contributed by atoms with Crippen LogP contribution in [0.2, 0.25) is 10.0 Å². The van der Waals surface area contributed by atoms with Gasteiger partial charge in [-0.1, -0.05) is 36.2 Å². The van der Waals surface area contributed by atoms with E-state index in [9.17, 15) is 0 Å². The maximum absolute atomic E-state index is 6.25. The average molecular weight is 313 g/mol. The van der Waals surface area contributed by atoms with Gasteiger partial charge in [0.25, 0.3) is 0 Å². The predicted octanol–water partition coefficient (Wildman–Crippen LogP) is 3.79. The van der Waals surface area contributed by atoms with Crippen LogP contribution in [0.25, 0.3) is 0 Å². The third-order valence-electron chi connectivity index (χ3n) is 3.19. The fourth-order valence-corrected chi connectivity index (χ4v) is 2.68. The molecule has 0 saturated heterocycles.